The third kappa shape index (κ3) is 4.85. The van der Waals surface area contributed by atoms with Crippen LogP contribution in [0, 0.1) is 5.92 Å². The van der Waals surface area contributed by atoms with E-state index in [1.165, 1.54) is 0 Å². The highest BCUT2D eigenvalue weighted by molar-refractivity contribution is 7.07. The van der Waals surface area contributed by atoms with Gasteiger partial charge in [0, 0.05) is 18.4 Å². The minimum Gasteiger partial charge on any atom is -0.379 e. The predicted molar refractivity (Wildman–Crippen MR) is 77.5 cm³/mol. The topological polar surface area (TPSA) is 60.5 Å². The molecule has 1 N–H and O–H groups in total. The van der Waals surface area contributed by atoms with E-state index in [0.717, 1.165) is 12.1 Å². The minimum absolute atomic E-state index is 0.0358. The summed E-state index contributed by atoms with van der Waals surface area (Å²) in [5, 5.41) is 5.04. The van der Waals surface area contributed by atoms with Crippen molar-refractivity contribution in [3.63, 3.8) is 0 Å². The summed E-state index contributed by atoms with van der Waals surface area (Å²) in [6.07, 6.45) is 1.25. The summed E-state index contributed by atoms with van der Waals surface area (Å²) in [5.41, 5.74) is 2.71. The van der Waals surface area contributed by atoms with Gasteiger partial charge in [0.25, 0.3) is 0 Å². The largest absolute Gasteiger partial charge is 0.379 e. The normalized spacial score (nSPS) is 22.9. The van der Waals surface area contributed by atoms with E-state index in [0.29, 0.717) is 32.2 Å². The molecular weight excluding hydrogens is 276 g/mol. The Kier molecular flexibility index (Phi) is 5.94. The zero-order valence-corrected chi connectivity index (χ0v) is 12.8. The van der Waals surface area contributed by atoms with Gasteiger partial charge >= 0.3 is 0 Å². The van der Waals surface area contributed by atoms with Crippen molar-refractivity contribution >= 4 is 17.2 Å². The lowest BCUT2D eigenvalue weighted by Crippen LogP contribution is -2.50. The molecular formula is C14H22N2O3S. The van der Waals surface area contributed by atoms with Crippen molar-refractivity contribution in [1.29, 1.82) is 0 Å². The first-order valence-corrected chi connectivity index (χ1v) is 7.95. The molecule has 5 nitrogen and oxygen atoms in total. The van der Waals surface area contributed by atoms with Gasteiger partial charge in [-0.05, 0) is 12.3 Å². The molecule has 20 heavy (non-hydrogen) atoms. The Labute approximate surface area is 123 Å². The number of thiazole rings is 1. The Bertz CT molecular complexity index is 409. The van der Waals surface area contributed by atoms with E-state index in [-0.39, 0.29) is 18.1 Å². The van der Waals surface area contributed by atoms with Gasteiger partial charge in [0.2, 0.25) is 5.91 Å². The van der Waals surface area contributed by atoms with Crippen LogP contribution in [0.2, 0.25) is 0 Å². The van der Waals surface area contributed by atoms with Gasteiger partial charge in [0.15, 0.2) is 0 Å². The van der Waals surface area contributed by atoms with Crippen molar-refractivity contribution in [2.75, 3.05) is 13.2 Å². The molecule has 1 aliphatic rings. The molecule has 6 heteroatoms. The average Bonchev–Trinajstić information content (AvgIpc) is 2.90. The number of nitrogens with zero attached hydrogens (tertiary/aromatic N) is 1. The van der Waals surface area contributed by atoms with Gasteiger partial charge < -0.3 is 14.8 Å². The highest BCUT2D eigenvalue weighted by Gasteiger charge is 2.28. The van der Waals surface area contributed by atoms with Gasteiger partial charge in [-0.2, -0.15) is 0 Å². The number of hydrogen-bond acceptors (Lipinski definition) is 5. The number of carbonyl (C=O) groups excluding carboxylic acids is 1. The van der Waals surface area contributed by atoms with E-state index in [1.54, 1.807) is 16.8 Å². The number of carbonyl (C=O) groups is 1. The maximum atomic E-state index is 11.9. The molecule has 0 spiro atoms. The summed E-state index contributed by atoms with van der Waals surface area (Å²) in [5.74, 6) is 0.457. The molecule has 2 atom stereocenters. The van der Waals surface area contributed by atoms with E-state index >= 15 is 0 Å². The highest BCUT2D eigenvalue weighted by atomic mass is 32.1. The molecule has 1 fully saturated rings. The number of rotatable bonds is 6. The molecule has 2 heterocycles. The lowest BCUT2D eigenvalue weighted by Gasteiger charge is -2.32. The van der Waals surface area contributed by atoms with Crippen molar-refractivity contribution in [2.45, 2.75) is 45.4 Å². The fraction of sp³-hybridized carbons (Fsp3) is 0.714. The van der Waals surface area contributed by atoms with Gasteiger partial charge in [-0.25, -0.2) is 4.98 Å². The van der Waals surface area contributed by atoms with Crippen LogP contribution in [-0.2, 0) is 20.9 Å². The summed E-state index contributed by atoms with van der Waals surface area (Å²) in [7, 11) is 0. The fourth-order valence-electron chi connectivity index (χ4n) is 2.18. The quantitative estimate of drug-likeness (QED) is 0.872. The standard InChI is InChI=1S/C14H22N2O3S/c1-10(2)5-14(17)16-12-3-4-18-7-13(12)19-6-11-8-20-9-15-11/h8-10,12-13H,3-7H2,1-2H3,(H,16,17)/t12-,13-/m1/s1. The Morgan fingerprint density at radius 1 is 1.65 bits per heavy atom. The number of hydrogen-bond donors (Lipinski definition) is 1. The molecule has 0 aliphatic carbocycles. The third-order valence-corrected chi connectivity index (χ3v) is 3.81. The van der Waals surface area contributed by atoms with Crippen LogP contribution in [0.15, 0.2) is 10.9 Å². The van der Waals surface area contributed by atoms with Crippen LogP contribution in [0.25, 0.3) is 0 Å². The number of nitrogens with one attached hydrogen (secondary N) is 1. The lowest BCUT2D eigenvalue weighted by atomic mass is 10.0. The molecule has 0 radical (unpaired) electrons. The predicted octanol–water partition coefficient (Wildman–Crippen LogP) is 1.98. The molecule has 112 valence electrons. The highest BCUT2D eigenvalue weighted by Crippen LogP contribution is 2.14. The summed E-state index contributed by atoms with van der Waals surface area (Å²) in [4.78, 5) is 16.1. The van der Waals surface area contributed by atoms with Crippen LogP contribution in [-0.4, -0.2) is 36.3 Å². The van der Waals surface area contributed by atoms with E-state index in [9.17, 15) is 4.79 Å². The van der Waals surface area contributed by atoms with Crippen LogP contribution in [0.5, 0.6) is 0 Å². The van der Waals surface area contributed by atoms with Crippen molar-refractivity contribution in [2.24, 2.45) is 5.92 Å². The summed E-state index contributed by atoms with van der Waals surface area (Å²) < 4.78 is 11.3. The van der Waals surface area contributed by atoms with E-state index in [4.69, 9.17) is 9.47 Å². The van der Waals surface area contributed by atoms with Gasteiger partial charge in [0.1, 0.15) is 6.10 Å². The monoisotopic (exact) mass is 298 g/mol. The second-order valence-corrected chi connectivity index (χ2v) is 6.18. The fourth-order valence-corrected chi connectivity index (χ4v) is 2.72. The molecule has 1 aliphatic heterocycles. The summed E-state index contributed by atoms with van der Waals surface area (Å²) in [6.45, 7) is 5.74. The first kappa shape index (κ1) is 15.4. The van der Waals surface area contributed by atoms with E-state index < -0.39 is 0 Å². The lowest BCUT2D eigenvalue weighted by molar-refractivity contribution is -0.127. The molecule has 1 aromatic rings. The Morgan fingerprint density at radius 2 is 2.50 bits per heavy atom. The number of aromatic nitrogens is 1. The van der Waals surface area contributed by atoms with Crippen molar-refractivity contribution in [3.8, 4) is 0 Å². The maximum absolute atomic E-state index is 11.9. The van der Waals surface area contributed by atoms with Gasteiger partial charge in [-0.15, -0.1) is 11.3 Å². The first-order chi connectivity index (χ1) is 9.65. The van der Waals surface area contributed by atoms with E-state index in [2.05, 4.69) is 10.3 Å². The van der Waals surface area contributed by atoms with Crippen molar-refractivity contribution in [1.82, 2.24) is 10.3 Å². The average molecular weight is 298 g/mol. The third-order valence-electron chi connectivity index (χ3n) is 3.17. The summed E-state index contributed by atoms with van der Waals surface area (Å²) >= 11 is 1.55. The molecule has 0 bridgehead atoms. The van der Waals surface area contributed by atoms with Crippen LogP contribution in [0.4, 0.5) is 0 Å². The second-order valence-electron chi connectivity index (χ2n) is 5.46. The molecule has 1 amide bonds. The molecule has 0 aromatic carbocycles. The van der Waals surface area contributed by atoms with Crippen molar-refractivity contribution in [3.05, 3.63) is 16.6 Å². The van der Waals surface area contributed by atoms with Crippen molar-refractivity contribution < 1.29 is 14.3 Å². The molecule has 0 unspecified atom stereocenters. The van der Waals surface area contributed by atoms with Crippen LogP contribution < -0.4 is 5.32 Å². The van der Waals surface area contributed by atoms with Crippen LogP contribution >= 0.6 is 11.3 Å². The number of ether oxygens (including phenoxy) is 2. The molecule has 2 rings (SSSR count). The van der Waals surface area contributed by atoms with Crippen LogP contribution in [0.3, 0.4) is 0 Å². The molecule has 1 saturated heterocycles. The van der Waals surface area contributed by atoms with Gasteiger partial charge in [-0.1, -0.05) is 13.8 Å². The SMILES string of the molecule is CC(C)CC(=O)N[C@@H]1CCOC[C@H]1OCc1cscn1. The number of amides is 1. The van der Waals surface area contributed by atoms with Crippen LogP contribution in [0.1, 0.15) is 32.4 Å². The summed E-state index contributed by atoms with van der Waals surface area (Å²) in [6, 6.07) is 0.0358. The van der Waals surface area contributed by atoms with Gasteiger partial charge in [-0.3, -0.25) is 4.79 Å². The maximum Gasteiger partial charge on any atom is 0.220 e. The minimum atomic E-state index is -0.0958. The second kappa shape index (κ2) is 7.71. The van der Waals surface area contributed by atoms with E-state index in [1.807, 2.05) is 19.2 Å². The zero-order chi connectivity index (χ0) is 14.4. The molecule has 1 aromatic heterocycles. The Hall–Kier alpha value is -0.980. The van der Waals surface area contributed by atoms with Gasteiger partial charge in [0.05, 0.1) is 30.5 Å². The zero-order valence-electron chi connectivity index (χ0n) is 12.0. The first-order valence-electron chi connectivity index (χ1n) is 7.01. The Morgan fingerprint density at radius 3 is 3.20 bits per heavy atom. The molecule has 0 saturated carbocycles. The smallest absolute Gasteiger partial charge is 0.220 e. The Balaban J connectivity index is 1.83.